The van der Waals surface area contributed by atoms with E-state index < -0.39 is 0 Å². The molecule has 0 radical (unpaired) electrons. The van der Waals surface area contributed by atoms with Gasteiger partial charge in [-0.3, -0.25) is 4.79 Å². The van der Waals surface area contributed by atoms with Gasteiger partial charge in [-0.25, -0.2) is 9.97 Å². The van der Waals surface area contributed by atoms with Crippen molar-refractivity contribution in [2.75, 3.05) is 31.1 Å². The van der Waals surface area contributed by atoms with Crippen molar-refractivity contribution in [3.63, 3.8) is 0 Å². The minimum atomic E-state index is 0.165. The van der Waals surface area contributed by atoms with Crippen LogP contribution in [0.5, 0.6) is 0 Å². The van der Waals surface area contributed by atoms with Crippen LogP contribution >= 0.6 is 11.3 Å². The van der Waals surface area contributed by atoms with Crippen LogP contribution in [0, 0.1) is 19.8 Å². The van der Waals surface area contributed by atoms with Crippen LogP contribution in [0.4, 0.5) is 5.82 Å². The molecular weight excluding hydrogens is 392 g/mol. The van der Waals surface area contributed by atoms with Crippen molar-refractivity contribution >= 4 is 33.3 Å². The van der Waals surface area contributed by atoms with Crippen LogP contribution in [0.1, 0.15) is 41.1 Å². The van der Waals surface area contributed by atoms with E-state index in [1.807, 2.05) is 6.07 Å². The van der Waals surface area contributed by atoms with Crippen molar-refractivity contribution in [1.82, 2.24) is 14.9 Å². The first-order chi connectivity index (χ1) is 14.6. The van der Waals surface area contributed by atoms with E-state index in [9.17, 15) is 4.79 Å². The molecule has 2 aromatic heterocycles. The normalized spacial score (nSPS) is 21.3. The molecule has 156 valence electrons. The molecule has 1 saturated carbocycles. The van der Waals surface area contributed by atoms with E-state index in [2.05, 4.69) is 54.8 Å². The maximum absolute atomic E-state index is 13.0. The first-order valence-corrected chi connectivity index (χ1v) is 11.7. The summed E-state index contributed by atoms with van der Waals surface area (Å²) in [4.78, 5) is 29.5. The van der Waals surface area contributed by atoms with Gasteiger partial charge < -0.3 is 9.80 Å². The molecule has 6 heteroatoms. The fourth-order valence-corrected chi connectivity index (χ4v) is 5.61. The fraction of sp³-hybridized carbons (Fsp3) is 0.458. The summed E-state index contributed by atoms with van der Waals surface area (Å²) in [5, 5.41) is 1.20. The second kappa shape index (κ2) is 7.65. The van der Waals surface area contributed by atoms with E-state index in [1.165, 1.54) is 21.4 Å². The number of nitrogens with zero attached hydrogens (tertiary/aromatic N) is 4. The largest absolute Gasteiger partial charge is 0.352 e. The number of hydrogen-bond donors (Lipinski definition) is 0. The van der Waals surface area contributed by atoms with Gasteiger partial charge in [0.2, 0.25) is 5.91 Å². The molecule has 1 amide bonds. The second-order valence-corrected chi connectivity index (χ2v) is 9.66. The maximum atomic E-state index is 13.0. The number of aryl methyl sites for hydroxylation is 3. The zero-order chi connectivity index (χ0) is 20.8. The average molecular weight is 421 g/mol. The highest BCUT2D eigenvalue weighted by atomic mass is 32.1. The van der Waals surface area contributed by atoms with E-state index in [0.717, 1.165) is 55.5 Å². The van der Waals surface area contributed by atoms with Gasteiger partial charge in [0.15, 0.2) is 0 Å². The zero-order valence-corrected chi connectivity index (χ0v) is 18.7. The molecule has 1 aliphatic carbocycles. The predicted octanol–water partition coefficient (Wildman–Crippen LogP) is 4.32. The van der Waals surface area contributed by atoms with Crippen LogP contribution in [0.2, 0.25) is 0 Å². The Morgan fingerprint density at radius 2 is 1.83 bits per heavy atom. The Labute approximate surface area is 181 Å². The molecule has 3 aromatic rings. The molecule has 3 heterocycles. The lowest BCUT2D eigenvalue weighted by Gasteiger charge is -2.36. The van der Waals surface area contributed by atoms with Crippen molar-refractivity contribution in [3.05, 3.63) is 52.2 Å². The van der Waals surface area contributed by atoms with Gasteiger partial charge in [0.05, 0.1) is 5.39 Å². The van der Waals surface area contributed by atoms with Crippen molar-refractivity contribution in [2.45, 2.75) is 39.5 Å². The Kier molecular flexibility index (Phi) is 4.97. The van der Waals surface area contributed by atoms with E-state index in [4.69, 9.17) is 9.97 Å². The summed E-state index contributed by atoms with van der Waals surface area (Å²) in [6, 6.07) is 10.5. The molecule has 30 heavy (non-hydrogen) atoms. The molecule has 0 bridgehead atoms. The number of fused-ring (bicyclic) bond motifs is 1. The number of carbonyl (C=O) groups is 1. The number of thiophene rings is 1. The molecule has 0 N–H and O–H groups in total. The highest BCUT2D eigenvalue weighted by Gasteiger charge is 2.46. The molecule has 2 fully saturated rings. The van der Waals surface area contributed by atoms with Gasteiger partial charge in [-0.05, 0) is 37.3 Å². The second-order valence-electron chi connectivity index (χ2n) is 8.45. The number of carbonyl (C=O) groups excluding carboxylic acids is 1. The minimum absolute atomic E-state index is 0.165. The Bertz CT molecular complexity index is 1090. The molecule has 5 rings (SSSR count). The molecule has 1 saturated heterocycles. The SMILES string of the molecule is CCc1nc(N2CCN(C(=O)[C@@H]3C[C@H]3c3ccccc3)CC2)c2c(C)c(C)sc2n1. The smallest absolute Gasteiger partial charge is 0.226 e. The van der Waals surface area contributed by atoms with Crippen molar-refractivity contribution in [3.8, 4) is 0 Å². The van der Waals surface area contributed by atoms with Crippen molar-refractivity contribution in [2.24, 2.45) is 5.92 Å². The quantitative estimate of drug-likeness (QED) is 0.631. The topological polar surface area (TPSA) is 49.3 Å². The summed E-state index contributed by atoms with van der Waals surface area (Å²) in [6.07, 6.45) is 1.82. The Hall–Kier alpha value is -2.47. The fourth-order valence-electron chi connectivity index (χ4n) is 4.57. The van der Waals surface area contributed by atoms with E-state index in [-0.39, 0.29) is 5.92 Å². The number of anilines is 1. The summed E-state index contributed by atoms with van der Waals surface area (Å²) in [5.41, 5.74) is 2.59. The van der Waals surface area contributed by atoms with Gasteiger partial charge in [0.1, 0.15) is 16.5 Å². The number of hydrogen-bond acceptors (Lipinski definition) is 5. The number of benzene rings is 1. The van der Waals surface area contributed by atoms with Crippen LogP contribution in [-0.2, 0) is 11.2 Å². The van der Waals surface area contributed by atoms with Gasteiger partial charge in [0, 0.05) is 43.4 Å². The van der Waals surface area contributed by atoms with E-state index in [1.54, 1.807) is 11.3 Å². The predicted molar refractivity (Wildman–Crippen MR) is 122 cm³/mol. The summed E-state index contributed by atoms with van der Waals surface area (Å²) >= 11 is 1.76. The molecule has 5 nitrogen and oxygen atoms in total. The number of aromatic nitrogens is 2. The van der Waals surface area contributed by atoms with Gasteiger partial charge in [-0.15, -0.1) is 11.3 Å². The summed E-state index contributed by atoms with van der Waals surface area (Å²) in [7, 11) is 0. The molecular formula is C24H28N4OS. The Balaban J connectivity index is 1.30. The lowest BCUT2D eigenvalue weighted by Crippen LogP contribution is -2.49. The van der Waals surface area contributed by atoms with Crippen LogP contribution in [0.15, 0.2) is 30.3 Å². The zero-order valence-electron chi connectivity index (χ0n) is 17.9. The molecule has 0 spiro atoms. The third-order valence-electron chi connectivity index (χ3n) is 6.60. The number of piperazine rings is 1. The van der Waals surface area contributed by atoms with Crippen LogP contribution in [0.3, 0.4) is 0 Å². The number of rotatable bonds is 4. The lowest BCUT2D eigenvalue weighted by molar-refractivity contribution is -0.133. The minimum Gasteiger partial charge on any atom is -0.352 e. The van der Waals surface area contributed by atoms with Crippen LogP contribution < -0.4 is 4.90 Å². The lowest BCUT2D eigenvalue weighted by atomic mass is 10.1. The molecule has 1 aliphatic heterocycles. The van der Waals surface area contributed by atoms with Crippen LogP contribution in [-0.4, -0.2) is 47.0 Å². The first-order valence-electron chi connectivity index (χ1n) is 10.9. The monoisotopic (exact) mass is 420 g/mol. The summed E-state index contributed by atoms with van der Waals surface area (Å²) < 4.78 is 0. The van der Waals surface area contributed by atoms with E-state index >= 15 is 0 Å². The third kappa shape index (κ3) is 3.37. The molecule has 2 atom stereocenters. The van der Waals surface area contributed by atoms with Crippen molar-refractivity contribution in [1.29, 1.82) is 0 Å². The summed E-state index contributed by atoms with van der Waals surface area (Å²) in [5.74, 6) is 2.85. The van der Waals surface area contributed by atoms with Gasteiger partial charge >= 0.3 is 0 Å². The average Bonchev–Trinajstić information content (AvgIpc) is 3.54. The first kappa shape index (κ1) is 19.5. The van der Waals surface area contributed by atoms with Gasteiger partial charge in [-0.1, -0.05) is 37.3 Å². The Morgan fingerprint density at radius 1 is 1.10 bits per heavy atom. The van der Waals surface area contributed by atoms with Gasteiger partial charge in [-0.2, -0.15) is 0 Å². The summed E-state index contributed by atoms with van der Waals surface area (Å²) in [6.45, 7) is 9.64. The molecule has 1 aromatic carbocycles. The standard InChI is InChI=1S/C24H28N4OS/c1-4-20-25-22(21-15(2)16(3)30-23(21)26-20)27-10-12-28(13-11-27)24(29)19-14-18(19)17-8-6-5-7-9-17/h5-9,18-19H,4,10-14H2,1-3H3/t18-,19+/m0/s1. The third-order valence-corrected chi connectivity index (χ3v) is 7.70. The Morgan fingerprint density at radius 3 is 2.53 bits per heavy atom. The van der Waals surface area contributed by atoms with Gasteiger partial charge in [0.25, 0.3) is 0 Å². The highest BCUT2D eigenvalue weighted by molar-refractivity contribution is 7.18. The van der Waals surface area contributed by atoms with E-state index in [0.29, 0.717) is 11.8 Å². The molecule has 2 aliphatic rings. The highest BCUT2D eigenvalue weighted by Crippen LogP contribution is 2.48. The number of amides is 1. The molecule has 0 unspecified atom stereocenters. The van der Waals surface area contributed by atoms with Crippen molar-refractivity contribution < 1.29 is 4.79 Å². The van der Waals surface area contributed by atoms with Crippen LogP contribution in [0.25, 0.3) is 10.2 Å². The maximum Gasteiger partial charge on any atom is 0.226 e.